The molecule has 39 heavy (non-hydrogen) atoms. The third kappa shape index (κ3) is 4.19. The van der Waals surface area contributed by atoms with Gasteiger partial charge < -0.3 is 9.13 Å². The molecular weight excluding hydrogens is 472 g/mol. The highest BCUT2D eigenvalue weighted by molar-refractivity contribution is 5.96. The van der Waals surface area contributed by atoms with E-state index in [1.54, 1.807) is 0 Å². The highest BCUT2D eigenvalue weighted by Gasteiger charge is 2.34. The van der Waals surface area contributed by atoms with Crippen LogP contribution in [0, 0.1) is 19.3 Å². The minimum atomic E-state index is -0.0748. The largest absolute Gasteiger partial charge is 0.317 e. The predicted octanol–water partition coefficient (Wildman–Crippen LogP) is 8.82. The van der Waals surface area contributed by atoms with Crippen molar-refractivity contribution in [1.82, 2.24) is 9.13 Å². The van der Waals surface area contributed by atoms with Gasteiger partial charge in [0.15, 0.2) is 0 Å². The zero-order valence-electron chi connectivity index (χ0n) is 25.0. The van der Waals surface area contributed by atoms with E-state index < -0.39 is 0 Å². The molecule has 3 aromatic rings. The molecule has 1 aromatic carbocycles. The molecule has 1 aliphatic carbocycles. The molecule has 0 atom stereocenters. The van der Waals surface area contributed by atoms with Crippen LogP contribution >= 0.6 is 0 Å². The van der Waals surface area contributed by atoms with Crippen LogP contribution < -0.4 is 10.6 Å². The van der Waals surface area contributed by atoms with Gasteiger partial charge in [-0.05, 0) is 93.3 Å². The molecule has 0 bridgehead atoms. The number of aromatic nitrogens is 2. The third-order valence-electron chi connectivity index (χ3n) is 8.67. The molecule has 0 unspecified atom stereocenters. The van der Waals surface area contributed by atoms with Crippen LogP contribution in [0.15, 0.2) is 84.5 Å². The van der Waals surface area contributed by atoms with E-state index in [0.29, 0.717) is 0 Å². The molecule has 0 spiro atoms. The summed E-state index contributed by atoms with van der Waals surface area (Å²) >= 11 is 0. The van der Waals surface area contributed by atoms with Crippen molar-refractivity contribution >= 4 is 47.1 Å². The fourth-order valence-electron chi connectivity index (χ4n) is 6.39. The van der Waals surface area contributed by atoms with E-state index >= 15 is 0 Å². The summed E-state index contributed by atoms with van der Waals surface area (Å²) in [5.74, 6) is 0. The third-order valence-corrected chi connectivity index (χ3v) is 8.67. The molecule has 0 N–H and O–H groups in total. The van der Waals surface area contributed by atoms with Crippen LogP contribution in [0.3, 0.4) is 0 Å². The van der Waals surface area contributed by atoms with Gasteiger partial charge in [0.1, 0.15) is 0 Å². The van der Waals surface area contributed by atoms with Gasteiger partial charge in [0.25, 0.3) is 0 Å². The number of para-hydroxylation sites is 1. The molecule has 1 aliphatic rings. The minimum absolute atomic E-state index is 0.0748. The number of hydrogen-bond acceptors (Lipinski definition) is 0. The molecule has 0 amide bonds. The molecule has 200 valence electrons. The molecule has 2 heteroatoms. The normalized spacial score (nSPS) is 16.6. The Labute approximate surface area is 234 Å². The van der Waals surface area contributed by atoms with Gasteiger partial charge >= 0.3 is 0 Å². The first-order valence-electron chi connectivity index (χ1n) is 13.6. The molecule has 0 fully saturated rings. The standard InChI is InChI=1S/C37H42N2/c1-13-29-25(7)35(16-4)38(27(29)9)24(6)22-33-28(10)39(36-20-18-17-19-31(33)36)23(5)21-32-26(8)37(11,12)34(15-3)30(32)14-2/h13-22H,2-4,9H2,1,5-8,10-12H3/b23-21+,24-22+,29-13-. The van der Waals surface area contributed by atoms with Crippen LogP contribution in [0.1, 0.15) is 64.1 Å². The second kappa shape index (κ2) is 10.3. The summed E-state index contributed by atoms with van der Waals surface area (Å²) in [6.45, 7) is 34.3. The lowest BCUT2D eigenvalue weighted by atomic mass is 9.81. The molecule has 2 nitrogen and oxygen atoms in total. The summed E-state index contributed by atoms with van der Waals surface area (Å²) in [5, 5.41) is 3.38. The molecular formula is C37H42N2. The Morgan fingerprint density at radius 3 is 2.08 bits per heavy atom. The maximum absolute atomic E-state index is 4.41. The summed E-state index contributed by atoms with van der Waals surface area (Å²) in [6.07, 6.45) is 12.6. The van der Waals surface area contributed by atoms with Crippen LogP contribution in [-0.4, -0.2) is 9.13 Å². The highest BCUT2D eigenvalue weighted by Crippen LogP contribution is 2.48. The molecule has 0 radical (unpaired) electrons. The Morgan fingerprint density at radius 2 is 1.49 bits per heavy atom. The van der Waals surface area contributed by atoms with E-state index in [4.69, 9.17) is 0 Å². The first kappa shape index (κ1) is 28.0. The van der Waals surface area contributed by atoms with Crippen molar-refractivity contribution in [1.29, 1.82) is 0 Å². The number of benzene rings is 1. The van der Waals surface area contributed by atoms with E-state index in [2.05, 4.69) is 133 Å². The molecule has 0 saturated heterocycles. The van der Waals surface area contributed by atoms with Crippen molar-refractivity contribution in [3.8, 4) is 0 Å². The number of nitrogens with zero attached hydrogens (tertiary/aromatic N) is 2. The smallest absolute Gasteiger partial charge is 0.0534 e. The fraction of sp³-hybridized carbons (Fsp3) is 0.243. The second-order valence-electron chi connectivity index (χ2n) is 11.0. The average molecular weight is 515 g/mol. The molecule has 2 aromatic heterocycles. The number of allylic oxidation sites excluding steroid dienone is 9. The van der Waals surface area contributed by atoms with Crippen molar-refractivity contribution in [3.05, 3.63) is 118 Å². The van der Waals surface area contributed by atoms with Crippen molar-refractivity contribution < 1.29 is 0 Å². The maximum Gasteiger partial charge on any atom is 0.0534 e. The van der Waals surface area contributed by atoms with E-state index in [9.17, 15) is 0 Å². The summed E-state index contributed by atoms with van der Waals surface area (Å²) in [7, 11) is 0. The summed E-state index contributed by atoms with van der Waals surface area (Å²) in [6, 6.07) is 8.65. The Morgan fingerprint density at radius 1 is 0.846 bits per heavy atom. The van der Waals surface area contributed by atoms with Gasteiger partial charge in [-0.3, -0.25) is 0 Å². The molecule has 0 aliphatic heterocycles. The number of rotatable bonds is 7. The van der Waals surface area contributed by atoms with Gasteiger partial charge in [0, 0.05) is 44.5 Å². The highest BCUT2D eigenvalue weighted by atomic mass is 15.0. The first-order valence-corrected chi connectivity index (χ1v) is 13.6. The van der Waals surface area contributed by atoms with Crippen molar-refractivity contribution in [2.75, 3.05) is 0 Å². The second-order valence-corrected chi connectivity index (χ2v) is 11.0. The fourth-order valence-corrected chi connectivity index (χ4v) is 6.39. The SMILES string of the molecule is C=CC1=C(C=C)C(C)(C)C(C)=C1/C=C(\C)n1c(C)c(/C=C(\C)n2c(C=C)c(C)/c(=C/C)c2=C)c2ccccc21. The lowest BCUT2D eigenvalue weighted by Gasteiger charge is -2.23. The summed E-state index contributed by atoms with van der Waals surface area (Å²) in [4.78, 5) is 0. The molecule has 4 rings (SSSR count). The van der Waals surface area contributed by atoms with Gasteiger partial charge in [-0.15, -0.1) is 0 Å². The lowest BCUT2D eigenvalue weighted by Crippen LogP contribution is -2.27. The van der Waals surface area contributed by atoms with Crippen LogP contribution in [0.2, 0.25) is 0 Å². The minimum Gasteiger partial charge on any atom is -0.317 e. The molecule has 0 saturated carbocycles. The quantitative estimate of drug-likeness (QED) is 0.298. The van der Waals surface area contributed by atoms with Crippen molar-refractivity contribution in [2.24, 2.45) is 5.41 Å². The zero-order chi connectivity index (χ0) is 28.8. The van der Waals surface area contributed by atoms with Gasteiger partial charge in [-0.25, -0.2) is 0 Å². The maximum atomic E-state index is 4.41. The Hall–Kier alpha value is -4.04. The van der Waals surface area contributed by atoms with Gasteiger partial charge in [-0.2, -0.15) is 0 Å². The Balaban J connectivity index is 1.97. The van der Waals surface area contributed by atoms with E-state index in [-0.39, 0.29) is 5.41 Å². The van der Waals surface area contributed by atoms with Crippen molar-refractivity contribution in [2.45, 2.75) is 55.4 Å². The first-order chi connectivity index (χ1) is 18.5. The lowest BCUT2D eigenvalue weighted by molar-refractivity contribution is 0.562. The van der Waals surface area contributed by atoms with Crippen molar-refractivity contribution in [3.63, 3.8) is 0 Å². The van der Waals surface area contributed by atoms with Crippen LogP contribution in [0.25, 0.3) is 47.1 Å². The van der Waals surface area contributed by atoms with E-state index in [1.807, 2.05) is 18.2 Å². The zero-order valence-corrected chi connectivity index (χ0v) is 25.0. The Kier molecular flexibility index (Phi) is 7.36. The average Bonchev–Trinajstić information content (AvgIpc) is 3.40. The van der Waals surface area contributed by atoms with Gasteiger partial charge in [0.2, 0.25) is 0 Å². The Bertz CT molecular complexity index is 1780. The monoisotopic (exact) mass is 514 g/mol. The summed E-state index contributed by atoms with van der Waals surface area (Å²) in [5.41, 5.74) is 13.1. The van der Waals surface area contributed by atoms with Crippen LogP contribution in [0.4, 0.5) is 0 Å². The number of fused-ring (bicyclic) bond motifs is 1. The molecule has 2 heterocycles. The number of hydrogen-bond donors (Lipinski definition) is 0. The van der Waals surface area contributed by atoms with Gasteiger partial charge in [-0.1, -0.05) is 82.2 Å². The van der Waals surface area contributed by atoms with Gasteiger partial charge in [0.05, 0.1) is 5.52 Å². The summed E-state index contributed by atoms with van der Waals surface area (Å²) < 4.78 is 4.60. The van der Waals surface area contributed by atoms with Crippen LogP contribution in [0.5, 0.6) is 0 Å². The van der Waals surface area contributed by atoms with E-state index in [0.717, 1.165) is 16.7 Å². The topological polar surface area (TPSA) is 9.86 Å². The predicted molar refractivity (Wildman–Crippen MR) is 175 cm³/mol. The van der Waals surface area contributed by atoms with E-state index in [1.165, 1.54) is 60.9 Å². The van der Waals surface area contributed by atoms with Crippen LogP contribution in [-0.2, 0) is 0 Å².